The van der Waals surface area contributed by atoms with E-state index < -0.39 is 0 Å². The monoisotopic (exact) mass is 453 g/mol. The van der Waals surface area contributed by atoms with Crippen LogP contribution >= 0.6 is 0 Å². The number of anilines is 1. The molecule has 174 valence electrons. The number of pyridine rings is 1. The molecule has 0 unspecified atom stereocenters. The van der Waals surface area contributed by atoms with Crippen molar-refractivity contribution in [3.8, 4) is 0 Å². The van der Waals surface area contributed by atoms with Gasteiger partial charge in [-0.2, -0.15) is 0 Å². The Balaban J connectivity index is 1.83. The Kier molecular flexibility index (Phi) is 6.64. The van der Waals surface area contributed by atoms with Crippen LogP contribution in [0, 0.1) is 27.7 Å². The van der Waals surface area contributed by atoms with Crippen molar-refractivity contribution in [2.24, 2.45) is 0 Å². The molecule has 1 aromatic heterocycles. The van der Waals surface area contributed by atoms with Gasteiger partial charge >= 0.3 is 0 Å². The number of amides is 2. The fourth-order valence-corrected chi connectivity index (χ4v) is 4.59. The van der Waals surface area contributed by atoms with Crippen molar-refractivity contribution in [3.63, 3.8) is 0 Å². The Bertz CT molecular complexity index is 1280. The Morgan fingerprint density at radius 1 is 0.882 bits per heavy atom. The summed E-state index contributed by atoms with van der Waals surface area (Å²) in [4.78, 5) is 35.4. The van der Waals surface area contributed by atoms with Crippen LogP contribution in [-0.4, -0.2) is 34.8 Å². The molecule has 0 saturated heterocycles. The van der Waals surface area contributed by atoms with Gasteiger partial charge in [-0.25, -0.2) is 4.90 Å². The normalized spacial score (nSPS) is 13.7. The lowest BCUT2D eigenvalue weighted by Gasteiger charge is -2.25. The first-order chi connectivity index (χ1) is 16.3. The molecule has 3 aromatic rings. The van der Waals surface area contributed by atoms with Gasteiger partial charge in [-0.15, -0.1) is 0 Å². The van der Waals surface area contributed by atoms with E-state index in [2.05, 4.69) is 11.1 Å². The summed E-state index contributed by atoms with van der Waals surface area (Å²) in [5.74, 6) is -0.520. The molecule has 0 fully saturated rings. The molecule has 5 nitrogen and oxygen atoms in total. The van der Waals surface area contributed by atoms with Crippen molar-refractivity contribution in [1.82, 2.24) is 9.88 Å². The molecule has 0 bridgehead atoms. The van der Waals surface area contributed by atoms with Crippen LogP contribution in [0.15, 0.2) is 66.6 Å². The second-order valence-electron chi connectivity index (χ2n) is 8.89. The van der Waals surface area contributed by atoms with Crippen LogP contribution in [0.4, 0.5) is 5.69 Å². The minimum Gasteiger partial charge on any atom is -0.366 e. The maximum atomic E-state index is 13.9. The molecule has 2 heterocycles. The zero-order chi connectivity index (χ0) is 24.4. The standard InChI is InChI=1S/C29H31N3O2/c1-6-31(17-14-23-12-15-30-16-13-23)27-26(24-11-10-19(2)18-21(24)4)28(33)32(29(27)34)25-9-7-8-20(3)22(25)5/h7-13,15-16,18H,6,14,17H2,1-5H3. The first-order valence-electron chi connectivity index (χ1n) is 11.7. The smallest absolute Gasteiger partial charge is 0.282 e. The van der Waals surface area contributed by atoms with Gasteiger partial charge in [0.15, 0.2) is 0 Å². The third-order valence-corrected chi connectivity index (χ3v) is 6.65. The van der Waals surface area contributed by atoms with Crippen LogP contribution in [0.3, 0.4) is 0 Å². The highest BCUT2D eigenvalue weighted by Crippen LogP contribution is 2.37. The number of aromatic nitrogens is 1. The first-order valence-corrected chi connectivity index (χ1v) is 11.7. The largest absolute Gasteiger partial charge is 0.366 e. The second kappa shape index (κ2) is 9.64. The summed E-state index contributed by atoms with van der Waals surface area (Å²) in [6.07, 6.45) is 4.31. The van der Waals surface area contributed by atoms with Gasteiger partial charge in [0.05, 0.1) is 11.3 Å². The summed E-state index contributed by atoms with van der Waals surface area (Å²) in [5, 5.41) is 0. The van der Waals surface area contributed by atoms with Gasteiger partial charge < -0.3 is 4.90 Å². The highest BCUT2D eigenvalue weighted by molar-refractivity contribution is 6.45. The van der Waals surface area contributed by atoms with Crippen LogP contribution in [0.25, 0.3) is 5.57 Å². The van der Waals surface area contributed by atoms with Crippen molar-refractivity contribution >= 4 is 23.1 Å². The lowest BCUT2D eigenvalue weighted by molar-refractivity contribution is -0.120. The van der Waals surface area contributed by atoms with E-state index in [9.17, 15) is 9.59 Å². The Labute approximate surface area is 201 Å². The summed E-state index contributed by atoms with van der Waals surface area (Å²) >= 11 is 0. The van der Waals surface area contributed by atoms with Gasteiger partial charge in [0, 0.05) is 25.5 Å². The van der Waals surface area contributed by atoms with Gasteiger partial charge in [0.25, 0.3) is 11.8 Å². The summed E-state index contributed by atoms with van der Waals surface area (Å²) in [5.41, 5.74) is 7.67. The maximum absolute atomic E-state index is 13.9. The summed E-state index contributed by atoms with van der Waals surface area (Å²) < 4.78 is 0. The molecule has 34 heavy (non-hydrogen) atoms. The molecule has 1 aliphatic rings. The summed E-state index contributed by atoms with van der Waals surface area (Å²) in [6.45, 7) is 11.3. The van der Waals surface area contributed by atoms with E-state index in [1.807, 2.05) is 82.0 Å². The number of likely N-dealkylation sites (N-methyl/N-ethyl adjacent to an activating group) is 1. The van der Waals surface area contributed by atoms with Gasteiger partial charge in [0.1, 0.15) is 5.70 Å². The quantitative estimate of drug-likeness (QED) is 0.464. The molecular formula is C29H31N3O2. The Morgan fingerprint density at radius 3 is 2.29 bits per heavy atom. The third-order valence-electron chi connectivity index (χ3n) is 6.65. The van der Waals surface area contributed by atoms with Crippen LogP contribution in [0.5, 0.6) is 0 Å². The van der Waals surface area contributed by atoms with Crippen molar-refractivity contribution in [1.29, 1.82) is 0 Å². The molecule has 0 atom stereocenters. The minimum atomic E-state index is -0.261. The number of benzene rings is 2. The molecule has 0 spiro atoms. The third kappa shape index (κ3) is 4.26. The first kappa shape index (κ1) is 23.4. The van der Waals surface area contributed by atoms with Gasteiger partial charge in [-0.1, -0.05) is 35.9 Å². The van der Waals surface area contributed by atoms with Gasteiger partial charge in [-0.3, -0.25) is 14.6 Å². The molecule has 2 amide bonds. The minimum absolute atomic E-state index is 0.259. The summed E-state index contributed by atoms with van der Waals surface area (Å²) in [6, 6.07) is 15.7. The summed E-state index contributed by atoms with van der Waals surface area (Å²) in [7, 11) is 0. The van der Waals surface area contributed by atoms with Crippen molar-refractivity contribution < 1.29 is 9.59 Å². The van der Waals surface area contributed by atoms with Crippen LogP contribution in [0.2, 0.25) is 0 Å². The Morgan fingerprint density at radius 2 is 1.62 bits per heavy atom. The number of aryl methyl sites for hydroxylation is 3. The predicted molar refractivity (Wildman–Crippen MR) is 136 cm³/mol. The molecule has 0 radical (unpaired) electrons. The maximum Gasteiger partial charge on any atom is 0.282 e. The zero-order valence-electron chi connectivity index (χ0n) is 20.6. The predicted octanol–water partition coefficient (Wildman–Crippen LogP) is 5.16. The van der Waals surface area contributed by atoms with E-state index in [1.54, 1.807) is 12.4 Å². The van der Waals surface area contributed by atoms with Crippen molar-refractivity contribution in [2.75, 3.05) is 18.0 Å². The number of carbonyl (C=O) groups is 2. The number of imide groups is 1. The average molecular weight is 454 g/mol. The fraction of sp³-hybridized carbons (Fsp3) is 0.276. The molecule has 4 rings (SSSR count). The lowest BCUT2D eigenvalue weighted by Crippen LogP contribution is -2.36. The van der Waals surface area contributed by atoms with E-state index in [4.69, 9.17) is 0 Å². The molecule has 0 N–H and O–H groups in total. The number of carbonyl (C=O) groups excluding carboxylic acids is 2. The zero-order valence-corrected chi connectivity index (χ0v) is 20.6. The van der Waals surface area contributed by atoms with Gasteiger partial charge in [-0.05, 0) is 87.1 Å². The van der Waals surface area contributed by atoms with Gasteiger partial charge in [0.2, 0.25) is 0 Å². The lowest BCUT2D eigenvalue weighted by atomic mass is 9.97. The van der Waals surface area contributed by atoms with E-state index in [0.29, 0.717) is 30.0 Å². The molecule has 1 aliphatic heterocycles. The van der Waals surface area contributed by atoms with Crippen molar-refractivity contribution in [2.45, 2.75) is 41.0 Å². The van der Waals surface area contributed by atoms with Crippen LogP contribution in [-0.2, 0) is 16.0 Å². The molecule has 0 saturated carbocycles. The highest BCUT2D eigenvalue weighted by atomic mass is 16.2. The van der Waals surface area contributed by atoms with Crippen molar-refractivity contribution in [3.05, 3.63) is 100 Å². The van der Waals surface area contributed by atoms with Crippen LogP contribution < -0.4 is 4.90 Å². The number of hydrogen-bond acceptors (Lipinski definition) is 4. The number of hydrogen-bond donors (Lipinski definition) is 0. The van der Waals surface area contributed by atoms with E-state index in [0.717, 1.165) is 39.8 Å². The number of nitrogens with zero attached hydrogens (tertiary/aromatic N) is 3. The fourth-order valence-electron chi connectivity index (χ4n) is 4.59. The highest BCUT2D eigenvalue weighted by Gasteiger charge is 2.43. The average Bonchev–Trinajstić information content (AvgIpc) is 3.07. The molecule has 0 aliphatic carbocycles. The molecule has 5 heteroatoms. The SMILES string of the molecule is CCN(CCc1ccncc1)C1=C(c2ccc(C)cc2C)C(=O)N(c2cccc(C)c2C)C1=O. The van der Waals surface area contributed by atoms with E-state index >= 15 is 0 Å². The second-order valence-corrected chi connectivity index (χ2v) is 8.89. The number of rotatable bonds is 7. The topological polar surface area (TPSA) is 53.5 Å². The molecule has 2 aromatic carbocycles. The molecular weight excluding hydrogens is 422 g/mol. The Hall–Kier alpha value is -3.73. The van der Waals surface area contributed by atoms with Crippen LogP contribution in [0.1, 0.15) is 40.3 Å². The van der Waals surface area contributed by atoms with E-state index in [-0.39, 0.29) is 11.8 Å². The van der Waals surface area contributed by atoms with E-state index in [1.165, 1.54) is 4.90 Å².